The van der Waals surface area contributed by atoms with Gasteiger partial charge in [0, 0.05) is 17.5 Å². The number of hydrogen-bond donors (Lipinski definition) is 2. The molecule has 4 nitrogen and oxygen atoms in total. The van der Waals surface area contributed by atoms with Gasteiger partial charge >= 0.3 is 0 Å². The zero-order valence-electron chi connectivity index (χ0n) is 10.4. The highest BCUT2D eigenvalue weighted by Gasteiger charge is 2.29. The molecule has 1 aromatic heterocycles. The largest absolute Gasteiger partial charge is 0.505 e. The normalized spacial score (nSPS) is 22.9. The van der Waals surface area contributed by atoms with Gasteiger partial charge in [0.15, 0.2) is 0 Å². The highest BCUT2D eigenvalue weighted by molar-refractivity contribution is 7.99. The van der Waals surface area contributed by atoms with Crippen molar-refractivity contribution in [1.82, 2.24) is 10.3 Å². The van der Waals surface area contributed by atoms with E-state index < -0.39 is 0 Å². The van der Waals surface area contributed by atoms with E-state index in [1.54, 1.807) is 6.07 Å². The van der Waals surface area contributed by atoms with E-state index in [2.05, 4.69) is 17.2 Å². The van der Waals surface area contributed by atoms with Gasteiger partial charge in [-0.2, -0.15) is 11.8 Å². The molecule has 0 spiro atoms. The molecule has 0 aromatic carbocycles. The van der Waals surface area contributed by atoms with Crippen LogP contribution in [0.1, 0.15) is 36.5 Å². The van der Waals surface area contributed by atoms with Gasteiger partial charge in [0.2, 0.25) is 0 Å². The molecule has 1 amide bonds. The van der Waals surface area contributed by atoms with Crippen molar-refractivity contribution in [3.05, 3.63) is 24.0 Å². The molecule has 18 heavy (non-hydrogen) atoms. The number of nitrogens with one attached hydrogen (secondary N) is 1. The summed E-state index contributed by atoms with van der Waals surface area (Å²) in [6.45, 7) is 2.14. The van der Waals surface area contributed by atoms with Gasteiger partial charge in [-0.15, -0.1) is 0 Å². The first-order valence-corrected chi connectivity index (χ1v) is 7.32. The number of rotatable bonds is 4. The molecule has 1 heterocycles. The van der Waals surface area contributed by atoms with Crippen LogP contribution in [0.4, 0.5) is 0 Å². The molecule has 5 heteroatoms. The van der Waals surface area contributed by atoms with E-state index in [9.17, 15) is 9.90 Å². The van der Waals surface area contributed by atoms with Crippen molar-refractivity contribution in [1.29, 1.82) is 0 Å². The standard InChI is InChI=1S/C13H18N2O2S/c1-2-18-12-5-3-4-10(12)15-13(17)9-6-7-14-8-11(9)16/h6-8,10,12,16H,2-5H2,1H3,(H,15,17). The molecule has 1 aliphatic rings. The van der Waals surface area contributed by atoms with E-state index in [1.807, 2.05) is 11.8 Å². The summed E-state index contributed by atoms with van der Waals surface area (Å²) in [7, 11) is 0. The minimum atomic E-state index is -0.205. The van der Waals surface area contributed by atoms with Crippen LogP contribution in [0.5, 0.6) is 5.75 Å². The average molecular weight is 266 g/mol. The molecule has 2 N–H and O–H groups in total. The molecule has 2 unspecified atom stereocenters. The molecule has 0 saturated heterocycles. The lowest BCUT2D eigenvalue weighted by Crippen LogP contribution is -2.38. The van der Waals surface area contributed by atoms with Crippen molar-refractivity contribution in [2.45, 2.75) is 37.5 Å². The van der Waals surface area contributed by atoms with E-state index in [0.717, 1.165) is 25.0 Å². The lowest BCUT2D eigenvalue weighted by molar-refractivity contribution is 0.0936. The van der Waals surface area contributed by atoms with Crippen LogP contribution >= 0.6 is 11.8 Å². The highest BCUT2D eigenvalue weighted by atomic mass is 32.2. The topological polar surface area (TPSA) is 62.2 Å². The molecule has 1 saturated carbocycles. The van der Waals surface area contributed by atoms with Gasteiger partial charge in [0.05, 0.1) is 11.8 Å². The molecule has 2 atom stereocenters. The Labute approximate surface area is 111 Å². The number of aromatic nitrogens is 1. The predicted molar refractivity (Wildman–Crippen MR) is 72.9 cm³/mol. The second kappa shape index (κ2) is 6.09. The molecule has 1 fully saturated rings. The number of pyridine rings is 1. The SMILES string of the molecule is CCSC1CCCC1NC(=O)c1ccncc1O. The van der Waals surface area contributed by atoms with Crippen molar-refractivity contribution < 1.29 is 9.90 Å². The predicted octanol–water partition coefficient (Wildman–Crippen LogP) is 2.19. The maximum atomic E-state index is 12.1. The van der Waals surface area contributed by atoms with Crippen LogP contribution < -0.4 is 5.32 Å². The van der Waals surface area contributed by atoms with Gasteiger partial charge in [-0.25, -0.2) is 0 Å². The molecule has 0 bridgehead atoms. The van der Waals surface area contributed by atoms with Crippen LogP contribution in [-0.4, -0.2) is 33.0 Å². The van der Waals surface area contributed by atoms with E-state index in [-0.39, 0.29) is 17.7 Å². The van der Waals surface area contributed by atoms with Crippen LogP contribution in [0.15, 0.2) is 18.5 Å². The first-order chi connectivity index (χ1) is 8.72. The zero-order chi connectivity index (χ0) is 13.0. The first kappa shape index (κ1) is 13.2. The highest BCUT2D eigenvalue weighted by Crippen LogP contribution is 2.30. The van der Waals surface area contributed by atoms with E-state index in [1.165, 1.54) is 12.4 Å². The second-order valence-corrected chi connectivity index (χ2v) is 5.91. The fraction of sp³-hybridized carbons (Fsp3) is 0.538. The molecular weight excluding hydrogens is 248 g/mol. The van der Waals surface area contributed by atoms with Crippen LogP contribution in [0, 0.1) is 0 Å². The third kappa shape index (κ3) is 2.96. The average Bonchev–Trinajstić information content (AvgIpc) is 2.78. The Morgan fingerprint density at radius 3 is 3.17 bits per heavy atom. The maximum Gasteiger partial charge on any atom is 0.255 e. The van der Waals surface area contributed by atoms with Crippen molar-refractivity contribution in [3.8, 4) is 5.75 Å². The molecule has 0 radical (unpaired) electrons. The lowest BCUT2D eigenvalue weighted by atomic mass is 10.2. The summed E-state index contributed by atoms with van der Waals surface area (Å²) in [5.41, 5.74) is 0.303. The Balaban J connectivity index is 2.01. The number of hydrogen-bond acceptors (Lipinski definition) is 4. The fourth-order valence-corrected chi connectivity index (χ4v) is 3.53. The number of carbonyl (C=O) groups is 1. The third-order valence-corrected chi connectivity index (χ3v) is 4.52. The molecule has 1 aliphatic carbocycles. The smallest absolute Gasteiger partial charge is 0.255 e. The zero-order valence-corrected chi connectivity index (χ0v) is 11.2. The fourth-order valence-electron chi connectivity index (χ4n) is 2.33. The summed E-state index contributed by atoms with van der Waals surface area (Å²) in [5.74, 6) is 0.800. The summed E-state index contributed by atoms with van der Waals surface area (Å²) in [5, 5.41) is 13.1. The molecular formula is C13H18N2O2S. The van der Waals surface area contributed by atoms with Crippen molar-refractivity contribution in [2.24, 2.45) is 0 Å². The van der Waals surface area contributed by atoms with E-state index in [0.29, 0.717) is 10.8 Å². The van der Waals surface area contributed by atoms with Crippen LogP contribution in [0.3, 0.4) is 0 Å². The van der Waals surface area contributed by atoms with Crippen molar-refractivity contribution >= 4 is 17.7 Å². The number of nitrogens with zero attached hydrogens (tertiary/aromatic N) is 1. The monoisotopic (exact) mass is 266 g/mol. The molecule has 0 aliphatic heterocycles. The lowest BCUT2D eigenvalue weighted by Gasteiger charge is -2.20. The Bertz CT molecular complexity index is 425. The summed E-state index contributed by atoms with van der Waals surface area (Å²) >= 11 is 1.90. The van der Waals surface area contributed by atoms with Crippen molar-refractivity contribution in [3.63, 3.8) is 0 Å². The van der Waals surface area contributed by atoms with Gasteiger partial charge in [0.25, 0.3) is 5.91 Å². The van der Waals surface area contributed by atoms with Gasteiger partial charge in [0.1, 0.15) is 5.75 Å². The Hall–Kier alpha value is -1.23. The number of carbonyl (C=O) groups excluding carboxylic acids is 1. The van der Waals surface area contributed by atoms with E-state index >= 15 is 0 Å². The van der Waals surface area contributed by atoms with Gasteiger partial charge < -0.3 is 10.4 Å². The van der Waals surface area contributed by atoms with Crippen LogP contribution in [0.25, 0.3) is 0 Å². The Kier molecular flexibility index (Phi) is 4.47. The number of aromatic hydroxyl groups is 1. The van der Waals surface area contributed by atoms with Gasteiger partial charge in [-0.05, 0) is 24.7 Å². The van der Waals surface area contributed by atoms with Crippen molar-refractivity contribution in [2.75, 3.05) is 5.75 Å². The molecule has 2 rings (SSSR count). The summed E-state index contributed by atoms with van der Waals surface area (Å²) in [6.07, 6.45) is 6.15. The Morgan fingerprint density at radius 1 is 1.61 bits per heavy atom. The number of thioether (sulfide) groups is 1. The number of amides is 1. The second-order valence-electron chi connectivity index (χ2n) is 4.40. The van der Waals surface area contributed by atoms with Crippen LogP contribution in [-0.2, 0) is 0 Å². The first-order valence-electron chi connectivity index (χ1n) is 6.27. The Morgan fingerprint density at radius 2 is 2.44 bits per heavy atom. The minimum Gasteiger partial charge on any atom is -0.505 e. The quantitative estimate of drug-likeness (QED) is 0.877. The van der Waals surface area contributed by atoms with Crippen LogP contribution in [0.2, 0.25) is 0 Å². The minimum absolute atomic E-state index is 0.0623. The molecule has 98 valence electrons. The maximum absolute atomic E-state index is 12.1. The third-order valence-electron chi connectivity index (χ3n) is 3.19. The van der Waals surface area contributed by atoms with Gasteiger partial charge in [-0.3, -0.25) is 9.78 Å². The summed E-state index contributed by atoms with van der Waals surface area (Å²) in [6, 6.07) is 1.76. The molecule has 1 aromatic rings. The van der Waals surface area contributed by atoms with Gasteiger partial charge in [-0.1, -0.05) is 13.3 Å². The summed E-state index contributed by atoms with van der Waals surface area (Å²) in [4.78, 5) is 15.8. The summed E-state index contributed by atoms with van der Waals surface area (Å²) < 4.78 is 0. The van der Waals surface area contributed by atoms with E-state index in [4.69, 9.17) is 0 Å².